The van der Waals surface area contributed by atoms with Crippen LogP contribution in [0.1, 0.15) is 58.3 Å². The van der Waals surface area contributed by atoms with Crippen LogP contribution in [0.25, 0.3) is 0 Å². The van der Waals surface area contributed by atoms with E-state index in [4.69, 9.17) is 4.74 Å². The summed E-state index contributed by atoms with van der Waals surface area (Å²) in [7, 11) is 0. The number of rotatable bonds is 3. The van der Waals surface area contributed by atoms with Crippen molar-refractivity contribution in [1.29, 1.82) is 0 Å². The Morgan fingerprint density at radius 2 is 1.15 bits per heavy atom. The molecule has 3 aliphatic carbocycles. The summed E-state index contributed by atoms with van der Waals surface area (Å²) in [6, 6.07) is 22.9. The number of imide groups is 1. The van der Waals surface area contributed by atoms with Gasteiger partial charge in [0.25, 0.3) is 0 Å². The number of hydrogen-bond acceptors (Lipinski definition) is 4. The van der Waals surface area contributed by atoms with Gasteiger partial charge in [0, 0.05) is 11.8 Å². The molecule has 33 heavy (non-hydrogen) atoms. The first-order chi connectivity index (χ1) is 16.0. The van der Waals surface area contributed by atoms with Gasteiger partial charge < -0.3 is 4.74 Å². The number of anilines is 1. The summed E-state index contributed by atoms with van der Waals surface area (Å²) in [6.07, 6.45) is -0.222. The zero-order valence-corrected chi connectivity index (χ0v) is 18.4. The molecule has 7 rings (SSSR count). The number of hydrogen-bond donors (Lipinski definition) is 0. The van der Waals surface area contributed by atoms with Crippen molar-refractivity contribution >= 4 is 23.5 Å². The minimum atomic E-state index is -0.423. The monoisotopic (exact) mass is 437 g/mol. The maximum absolute atomic E-state index is 13.7. The molecular formula is C28H23NO4. The standard InChI is InChI=1S/C28H23NO4/c1-15(2)33-28(32)16-11-13-17(14-12-16)29-26(30)24-22-18-7-3-4-8-19(18)23(25(24)27(29)31)21-10-6-5-9-20(21)22/h3-15,22-25H,1-2H3/t22?,23?,24-,25+. The average molecular weight is 437 g/mol. The normalized spacial score (nSPS) is 24.5. The summed E-state index contributed by atoms with van der Waals surface area (Å²) in [5.74, 6) is -1.85. The van der Waals surface area contributed by atoms with E-state index in [-0.39, 0.29) is 29.8 Å². The van der Waals surface area contributed by atoms with Gasteiger partial charge in [0.05, 0.1) is 29.2 Å². The second kappa shape index (κ2) is 7.14. The van der Waals surface area contributed by atoms with Crippen LogP contribution in [-0.4, -0.2) is 23.9 Å². The highest BCUT2D eigenvalue weighted by atomic mass is 16.5. The summed E-state index contributed by atoms with van der Waals surface area (Å²) < 4.78 is 5.24. The first-order valence-corrected chi connectivity index (χ1v) is 11.3. The zero-order valence-electron chi connectivity index (χ0n) is 18.4. The molecule has 0 spiro atoms. The van der Waals surface area contributed by atoms with Crippen LogP contribution >= 0.6 is 0 Å². The van der Waals surface area contributed by atoms with Gasteiger partial charge in [-0.15, -0.1) is 0 Å². The van der Waals surface area contributed by atoms with E-state index in [9.17, 15) is 14.4 Å². The number of carbonyl (C=O) groups excluding carboxylic acids is 3. The van der Waals surface area contributed by atoms with E-state index >= 15 is 0 Å². The Kier molecular flexibility index (Phi) is 4.31. The second-order valence-corrected chi connectivity index (χ2v) is 9.28. The highest BCUT2D eigenvalue weighted by Gasteiger charge is 2.61. The van der Waals surface area contributed by atoms with Crippen LogP contribution in [0.2, 0.25) is 0 Å². The molecule has 0 N–H and O–H groups in total. The molecule has 5 nitrogen and oxygen atoms in total. The SMILES string of the molecule is CC(C)OC(=O)c1ccc(N2C(=O)[C@@H]3C4c5ccccc5C(c5ccccc54)[C@@H]3C2=O)cc1. The Labute approximate surface area is 192 Å². The third-order valence-corrected chi connectivity index (χ3v) is 7.15. The molecule has 0 unspecified atom stereocenters. The minimum Gasteiger partial charge on any atom is -0.459 e. The van der Waals surface area contributed by atoms with Crippen molar-refractivity contribution in [2.75, 3.05) is 4.90 Å². The van der Waals surface area contributed by atoms with Gasteiger partial charge in [-0.3, -0.25) is 9.59 Å². The van der Waals surface area contributed by atoms with Crippen LogP contribution in [0.15, 0.2) is 72.8 Å². The molecule has 5 heteroatoms. The fourth-order valence-corrected chi connectivity index (χ4v) is 5.96. The van der Waals surface area contributed by atoms with Crippen LogP contribution in [-0.2, 0) is 14.3 Å². The number of ether oxygens (including phenoxy) is 1. The molecule has 1 heterocycles. The van der Waals surface area contributed by atoms with Gasteiger partial charge in [0.2, 0.25) is 11.8 Å². The fraction of sp³-hybridized carbons (Fsp3) is 0.250. The molecule has 1 fully saturated rings. The van der Waals surface area contributed by atoms with Crippen LogP contribution in [0.5, 0.6) is 0 Å². The van der Waals surface area contributed by atoms with Crippen LogP contribution in [0, 0.1) is 11.8 Å². The topological polar surface area (TPSA) is 63.7 Å². The predicted molar refractivity (Wildman–Crippen MR) is 123 cm³/mol. The summed E-state index contributed by atoms with van der Waals surface area (Å²) in [6.45, 7) is 3.58. The molecule has 1 saturated heterocycles. The summed E-state index contributed by atoms with van der Waals surface area (Å²) in [5, 5.41) is 0. The number of benzene rings is 3. The number of esters is 1. The first-order valence-electron chi connectivity index (χ1n) is 11.3. The maximum Gasteiger partial charge on any atom is 0.338 e. The van der Waals surface area contributed by atoms with Crippen molar-refractivity contribution in [1.82, 2.24) is 0 Å². The van der Waals surface area contributed by atoms with E-state index in [1.807, 2.05) is 24.3 Å². The number of carbonyl (C=O) groups is 3. The van der Waals surface area contributed by atoms with Gasteiger partial charge in [0.1, 0.15) is 0 Å². The van der Waals surface area contributed by atoms with Crippen LogP contribution < -0.4 is 4.90 Å². The van der Waals surface area contributed by atoms with Gasteiger partial charge >= 0.3 is 5.97 Å². The van der Waals surface area contributed by atoms with E-state index in [0.29, 0.717) is 11.3 Å². The first kappa shape index (κ1) is 19.9. The summed E-state index contributed by atoms with van der Waals surface area (Å²) in [4.78, 5) is 41.0. The number of amides is 2. The molecule has 4 aliphatic rings. The Bertz CT molecular complexity index is 1190. The van der Waals surface area contributed by atoms with E-state index < -0.39 is 17.8 Å². The Morgan fingerprint density at radius 1 is 0.727 bits per heavy atom. The molecule has 2 bridgehead atoms. The summed E-state index contributed by atoms with van der Waals surface area (Å²) in [5.41, 5.74) is 5.49. The third kappa shape index (κ3) is 2.75. The van der Waals surface area contributed by atoms with Gasteiger partial charge in [0.15, 0.2) is 0 Å². The molecule has 164 valence electrons. The lowest BCUT2D eigenvalue weighted by molar-refractivity contribution is -0.122. The van der Waals surface area contributed by atoms with Crippen molar-refractivity contribution in [3.63, 3.8) is 0 Å². The van der Waals surface area contributed by atoms with Crippen molar-refractivity contribution in [2.45, 2.75) is 31.8 Å². The lowest BCUT2D eigenvalue weighted by Crippen LogP contribution is -2.41. The molecule has 3 aromatic carbocycles. The highest BCUT2D eigenvalue weighted by Crippen LogP contribution is 2.61. The van der Waals surface area contributed by atoms with E-state index in [1.54, 1.807) is 38.1 Å². The molecule has 0 radical (unpaired) electrons. The number of nitrogens with zero attached hydrogens (tertiary/aromatic N) is 1. The molecule has 2 atom stereocenters. The van der Waals surface area contributed by atoms with Crippen molar-refractivity contribution < 1.29 is 19.1 Å². The minimum absolute atomic E-state index is 0.130. The highest BCUT2D eigenvalue weighted by molar-refractivity contribution is 6.23. The Hall–Kier alpha value is -3.73. The van der Waals surface area contributed by atoms with Gasteiger partial charge in [-0.2, -0.15) is 0 Å². The van der Waals surface area contributed by atoms with Crippen molar-refractivity contribution in [3.05, 3.63) is 101 Å². The van der Waals surface area contributed by atoms with E-state index in [2.05, 4.69) is 24.3 Å². The lowest BCUT2D eigenvalue weighted by Gasteiger charge is -2.45. The Morgan fingerprint density at radius 3 is 1.55 bits per heavy atom. The predicted octanol–water partition coefficient (Wildman–Crippen LogP) is 4.65. The second-order valence-electron chi connectivity index (χ2n) is 9.28. The van der Waals surface area contributed by atoms with Gasteiger partial charge in [-0.05, 0) is 60.4 Å². The van der Waals surface area contributed by atoms with Gasteiger partial charge in [-0.1, -0.05) is 48.5 Å². The maximum atomic E-state index is 13.7. The van der Waals surface area contributed by atoms with E-state index in [1.165, 1.54) is 4.90 Å². The zero-order chi connectivity index (χ0) is 22.9. The quantitative estimate of drug-likeness (QED) is 0.442. The average Bonchev–Trinajstić information content (AvgIpc) is 3.09. The molecule has 0 aromatic heterocycles. The lowest BCUT2D eigenvalue weighted by atomic mass is 9.55. The van der Waals surface area contributed by atoms with Crippen LogP contribution in [0.3, 0.4) is 0 Å². The van der Waals surface area contributed by atoms with Gasteiger partial charge in [-0.25, -0.2) is 9.69 Å². The third-order valence-electron chi connectivity index (χ3n) is 7.15. The van der Waals surface area contributed by atoms with Crippen molar-refractivity contribution in [3.8, 4) is 0 Å². The Balaban J connectivity index is 1.41. The fourth-order valence-electron chi connectivity index (χ4n) is 5.96. The molecule has 2 amide bonds. The summed E-state index contributed by atoms with van der Waals surface area (Å²) >= 11 is 0. The molecule has 1 aliphatic heterocycles. The molecule has 0 saturated carbocycles. The molecule has 3 aromatic rings. The molecular weight excluding hydrogens is 414 g/mol. The largest absolute Gasteiger partial charge is 0.459 e. The smallest absolute Gasteiger partial charge is 0.338 e. The van der Waals surface area contributed by atoms with Crippen LogP contribution in [0.4, 0.5) is 5.69 Å². The van der Waals surface area contributed by atoms with E-state index in [0.717, 1.165) is 22.3 Å². The van der Waals surface area contributed by atoms with Crippen molar-refractivity contribution in [2.24, 2.45) is 11.8 Å².